The van der Waals surface area contributed by atoms with Gasteiger partial charge >= 0.3 is 0 Å². The van der Waals surface area contributed by atoms with E-state index in [1.165, 1.54) is 0 Å². The third-order valence-electron chi connectivity index (χ3n) is 3.67. The van der Waals surface area contributed by atoms with Crippen LogP contribution in [-0.4, -0.2) is 19.1 Å². The monoisotopic (exact) mass is 313 g/mol. The summed E-state index contributed by atoms with van der Waals surface area (Å²) in [6, 6.07) is 15.1. The molecule has 23 heavy (non-hydrogen) atoms. The first-order valence-corrected chi connectivity index (χ1v) is 7.79. The van der Waals surface area contributed by atoms with Crippen molar-refractivity contribution in [3.05, 3.63) is 59.7 Å². The predicted octanol–water partition coefficient (Wildman–Crippen LogP) is 3.80. The van der Waals surface area contributed by atoms with E-state index >= 15 is 0 Å². The summed E-state index contributed by atoms with van der Waals surface area (Å²) in [5, 5.41) is 2.96. The van der Waals surface area contributed by atoms with Gasteiger partial charge in [-0.25, -0.2) is 0 Å². The molecule has 1 N–H and O–H groups in total. The molecule has 0 aliphatic heterocycles. The molecule has 4 heteroatoms. The van der Waals surface area contributed by atoms with Crippen LogP contribution in [0.2, 0.25) is 0 Å². The maximum atomic E-state index is 12.2. The van der Waals surface area contributed by atoms with Gasteiger partial charge in [0.25, 0.3) is 5.91 Å². The first-order valence-electron chi connectivity index (χ1n) is 7.79. The van der Waals surface area contributed by atoms with Gasteiger partial charge in [0.15, 0.2) is 0 Å². The van der Waals surface area contributed by atoms with E-state index in [0.29, 0.717) is 17.9 Å². The normalized spacial score (nSPS) is 11.6. The molecule has 1 amide bonds. The fraction of sp³-hybridized carbons (Fsp3) is 0.316. The number of methoxy groups -OCH3 is 1. The Labute approximate surface area is 137 Å². The van der Waals surface area contributed by atoms with Gasteiger partial charge in [-0.3, -0.25) is 4.79 Å². The zero-order valence-electron chi connectivity index (χ0n) is 13.8. The van der Waals surface area contributed by atoms with Crippen molar-refractivity contribution >= 4 is 5.91 Å². The van der Waals surface area contributed by atoms with Crippen molar-refractivity contribution in [3.8, 4) is 11.5 Å². The summed E-state index contributed by atoms with van der Waals surface area (Å²) in [7, 11) is 1.61. The molecule has 122 valence electrons. The van der Waals surface area contributed by atoms with E-state index in [0.717, 1.165) is 17.7 Å². The largest absolute Gasteiger partial charge is 0.496 e. The van der Waals surface area contributed by atoms with Crippen molar-refractivity contribution < 1.29 is 14.3 Å². The summed E-state index contributed by atoms with van der Waals surface area (Å²) >= 11 is 0. The summed E-state index contributed by atoms with van der Waals surface area (Å²) in [5.41, 5.74) is 1.45. The lowest BCUT2D eigenvalue weighted by Crippen LogP contribution is -2.31. The first-order chi connectivity index (χ1) is 11.1. The van der Waals surface area contributed by atoms with Crippen LogP contribution in [0.4, 0.5) is 0 Å². The minimum Gasteiger partial charge on any atom is -0.496 e. The third-order valence-corrected chi connectivity index (χ3v) is 3.67. The van der Waals surface area contributed by atoms with Crippen molar-refractivity contribution in [3.63, 3.8) is 0 Å². The molecule has 0 spiro atoms. The second kappa shape index (κ2) is 8.22. The van der Waals surface area contributed by atoms with Crippen LogP contribution in [0.5, 0.6) is 11.5 Å². The number of carbonyl (C=O) groups is 1. The Morgan fingerprint density at radius 1 is 1.17 bits per heavy atom. The second-order valence-electron chi connectivity index (χ2n) is 5.41. The highest BCUT2D eigenvalue weighted by molar-refractivity contribution is 5.94. The summed E-state index contributed by atoms with van der Waals surface area (Å²) in [6.07, 6.45) is 0.895. The van der Waals surface area contributed by atoms with Gasteiger partial charge in [-0.05, 0) is 43.7 Å². The molecule has 4 nitrogen and oxygen atoms in total. The molecular formula is C19H23NO3. The Morgan fingerprint density at radius 3 is 2.57 bits per heavy atom. The standard InChI is InChI=1S/C19H23NO3/c1-4-14(2)20-19(21)15-10-11-18(22-3)16(12-15)13-23-17-8-6-5-7-9-17/h5-12,14H,4,13H2,1-3H3,(H,20,21)/t14-/m1/s1. The first kappa shape index (κ1) is 16.9. The number of ether oxygens (including phenoxy) is 2. The molecular weight excluding hydrogens is 290 g/mol. The maximum absolute atomic E-state index is 12.2. The summed E-state index contributed by atoms with van der Waals surface area (Å²) < 4.78 is 11.1. The number of para-hydroxylation sites is 1. The lowest BCUT2D eigenvalue weighted by molar-refractivity contribution is 0.0939. The fourth-order valence-electron chi connectivity index (χ4n) is 2.12. The Bertz CT molecular complexity index is 640. The molecule has 0 bridgehead atoms. The van der Waals surface area contributed by atoms with E-state index in [2.05, 4.69) is 5.32 Å². The lowest BCUT2D eigenvalue weighted by Gasteiger charge is -2.14. The quantitative estimate of drug-likeness (QED) is 0.845. The van der Waals surface area contributed by atoms with Crippen molar-refractivity contribution in [2.45, 2.75) is 32.9 Å². The van der Waals surface area contributed by atoms with Crippen LogP contribution in [0.3, 0.4) is 0 Å². The molecule has 2 aromatic rings. The number of hydrogen-bond donors (Lipinski definition) is 1. The van der Waals surface area contributed by atoms with Crippen LogP contribution in [0, 0.1) is 0 Å². The number of nitrogens with one attached hydrogen (secondary N) is 1. The molecule has 0 radical (unpaired) electrons. The molecule has 0 aliphatic rings. The minimum absolute atomic E-state index is 0.0806. The third kappa shape index (κ3) is 4.74. The molecule has 1 atom stereocenters. The molecule has 0 saturated carbocycles. The average Bonchev–Trinajstić information content (AvgIpc) is 2.60. The smallest absolute Gasteiger partial charge is 0.251 e. The number of amides is 1. The SMILES string of the molecule is CC[C@@H](C)NC(=O)c1ccc(OC)c(COc2ccccc2)c1. The minimum atomic E-state index is -0.0806. The van der Waals surface area contributed by atoms with Gasteiger partial charge in [-0.1, -0.05) is 25.1 Å². The van der Waals surface area contributed by atoms with Gasteiger partial charge < -0.3 is 14.8 Å². The van der Waals surface area contributed by atoms with Crippen molar-refractivity contribution in [1.82, 2.24) is 5.32 Å². The predicted molar refractivity (Wildman–Crippen MR) is 91.0 cm³/mol. The van der Waals surface area contributed by atoms with E-state index in [-0.39, 0.29) is 11.9 Å². The van der Waals surface area contributed by atoms with E-state index in [9.17, 15) is 4.79 Å². The topological polar surface area (TPSA) is 47.6 Å². The van der Waals surface area contributed by atoms with Crippen molar-refractivity contribution in [1.29, 1.82) is 0 Å². The Morgan fingerprint density at radius 2 is 1.91 bits per heavy atom. The summed E-state index contributed by atoms with van der Waals surface area (Å²) in [4.78, 5) is 12.2. The Kier molecular flexibility index (Phi) is 6.03. The van der Waals surface area contributed by atoms with Gasteiger partial charge in [0.2, 0.25) is 0 Å². The highest BCUT2D eigenvalue weighted by Crippen LogP contribution is 2.22. The van der Waals surface area contributed by atoms with Crippen molar-refractivity contribution in [2.75, 3.05) is 7.11 Å². The van der Waals surface area contributed by atoms with Crippen LogP contribution >= 0.6 is 0 Å². The summed E-state index contributed by atoms with van der Waals surface area (Å²) in [6.45, 7) is 4.37. The molecule has 0 fully saturated rings. The number of benzene rings is 2. The van der Waals surface area contributed by atoms with Gasteiger partial charge in [0.05, 0.1) is 7.11 Å². The van der Waals surface area contributed by atoms with E-state index in [1.54, 1.807) is 19.2 Å². The van der Waals surface area contributed by atoms with E-state index in [4.69, 9.17) is 9.47 Å². The molecule has 0 aliphatic carbocycles. The Hall–Kier alpha value is -2.49. The number of rotatable bonds is 7. The van der Waals surface area contributed by atoms with E-state index < -0.39 is 0 Å². The molecule has 0 heterocycles. The second-order valence-corrected chi connectivity index (χ2v) is 5.41. The van der Waals surface area contributed by atoms with Crippen LogP contribution in [0.15, 0.2) is 48.5 Å². The zero-order chi connectivity index (χ0) is 16.7. The van der Waals surface area contributed by atoms with Crippen LogP contribution in [0.25, 0.3) is 0 Å². The lowest BCUT2D eigenvalue weighted by atomic mass is 10.1. The maximum Gasteiger partial charge on any atom is 0.251 e. The molecule has 0 aromatic heterocycles. The molecule has 0 unspecified atom stereocenters. The van der Waals surface area contributed by atoms with E-state index in [1.807, 2.05) is 50.2 Å². The van der Waals surface area contributed by atoms with Gasteiger partial charge in [-0.2, -0.15) is 0 Å². The van der Waals surface area contributed by atoms with Gasteiger partial charge in [0.1, 0.15) is 18.1 Å². The molecule has 0 saturated heterocycles. The number of hydrogen-bond acceptors (Lipinski definition) is 3. The van der Waals surface area contributed by atoms with Crippen LogP contribution in [-0.2, 0) is 6.61 Å². The zero-order valence-corrected chi connectivity index (χ0v) is 13.8. The fourth-order valence-corrected chi connectivity index (χ4v) is 2.12. The average molecular weight is 313 g/mol. The highest BCUT2D eigenvalue weighted by Gasteiger charge is 2.12. The van der Waals surface area contributed by atoms with Crippen LogP contribution < -0.4 is 14.8 Å². The molecule has 2 aromatic carbocycles. The highest BCUT2D eigenvalue weighted by atomic mass is 16.5. The Balaban J connectivity index is 2.13. The molecule has 2 rings (SSSR count). The summed E-state index contributed by atoms with van der Waals surface area (Å²) in [5.74, 6) is 1.41. The van der Waals surface area contributed by atoms with Gasteiger partial charge in [0, 0.05) is 17.2 Å². The van der Waals surface area contributed by atoms with Crippen LogP contribution in [0.1, 0.15) is 36.2 Å². The number of carbonyl (C=O) groups excluding carboxylic acids is 1. The van der Waals surface area contributed by atoms with Gasteiger partial charge in [-0.15, -0.1) is 0 Å². The van der Waals surface area contributed by atoms with Crippen molar-refractivity contribution in [2.24, 2.45) is 0 Å².